The van der Waals surface area contributed by atoms with E-state index in [0.717, 1.165) is 18.6 Å². The van der Waals surface area contributed by atoms with Gasteiger partial charge in [0.1, 0.15) is 6.10 Å². The molecular weight excluding hydrogens is 172 g/mol. The van der Waals surface area contributed by atoms with Gasteiger partial charge in [0.2, 0.25) is 0 Å². The number of hydrogen-bond donors (Lipinski definition) is 0. The summed E-state index contributed by atoms with van der Waals surface area (Å²) in [6, 6.07) is 10.2. The Morgan fingerprint density at radius 1 is 1.36 bits per heavy atom. The van der Waals surface area contributed by atoms with Crippen LogP contribution in [0, 0.1) is 0 Å². The SMILES string of the molecule is C=C(C)C(OCCC)c1ccccc1. The molecule has 1 heteroatoms. The highest BCUT2D eigenvalue weighted by Gasteiger charge is 2.11. The zero-order chi connectivity index (χ0) is 10.4. The van der Waals surface area contributed by atoms with Gasteiger partial charge in [-0.15, -0.1) is 0 Å². The predicted octanol–water partition coefficient (Wildman–Crippen LogP) is 3.73. The second-order valence-corrected chi connectivity index (χ2v) is 3.51. The summed E-state index contributed by atoms with van der Waals surface area (Å²) < 4.78 is 5.74. The molecule has 0 N–H and O–H groups in total. The van der Waals surface area contributed by atoms with Gasteiger partial charge in [-0.25, -0.2) is 0 Å². The summed E-state index contributed by atoms with van der Waals surface area (Å²) in [5.41, 5.74) is 2.25. The fraction of sp³-hybridized carbons (Fsp3) is 0.385. The van der Waals surface area contributed by atoms with Gasteiger partial charge in [-0.1, -0.05) is 43.8 Å². The zero-order valence-corrected chi connectivity index (χ0v) is 8.99. The lowest BCUT2D eigenvalue weighted by Crippen LogP contribution is -2.05. The summed E-state index contributed by atoms with van der Waals surface area (Å²) in [6.45, 7) is 8.86. The van der Waals surface area contributed by atoms with E-state index in [2.05, 4.69) is 25.6 Å². The van der Waals surface area contributed by atoms with Gasteiger partial charge >= 0.3 is 0 Å². The van der Waals surface area contributed by atoms with Crippen molar-refractivity contribution in [3.63, 3.8) is 0 Å². The van der Waals surface area contributed by atoms with Crippen molar-refractivity contribution < 1.29 is 4.74 Å². The topological polar surface area (TPSA) is 9.23 Å². The largest absolute Gasteiger partial charge is 0.369 e. The normalized spacial score (nSPS) is 12.4. The molecule has 0 radical (unpaired) electrons. The van der Waals surface area contributed by atoms with E-state index in [4.69, 9.17) is 4.74 Å². The van der Waals surface area contributed by atoms with Crippen LogP contribution in [0.1, 0.15) is 31.9 Å². The summed E-state index contributed by atoms with van der Waals surface area (Å²) in [4.78, 5) is 0. The molecule has 1 aromatic carbocycles. The zero-order valence-electron chi connectivity index (χ0n) is 8.99. The van der Waals surface area contributed by atoms with Crippen molar-refractivity contribution in [2.75, 3.05) is 6.61 Å². The van der Waals surface area contributed by atoms with Crippen LogP contribution in [0.15, 0.2) is 42.5 Å². The minimum absolute atomic E-state index is 0.0520. The molecule has 0 fully saturated rings. The molecule has 1 atom stereocenters. The molecule has 1 aromatic rings. The monoisotopic (exact) mass is 190 g/mol. The predicted molar refractivity (Wildman–Crippen MR) is 60.2 cm³/mol. The lowest BCUT2D eigenvalue weighted by Gasteiger charge is -2.17. The average Bonchev–Trinajstić information content (AvgIpc) is 2.19. The maximum Gasteiger partial charge on any atom is 0.103 e. The molecule has 0 saturated carbocycles. The first-order chi connectivity index (χ1) is 6.75. The molecule has 0 aliphatic rings. The number of rotatable bonds is 5. The van der Waals surface area contributed by atoms with Crippen LogP contribution < -0.4 is 0 Å². The van der Waals surface area contributed by atoms with Crippen LogP contribution in [0.5, 0.6) is 0 Å². The smallest absolute Gasteiger partial charge is 0.103 e. The molecule has 1 unspecified atom stereocenters. The van der Waals surface area contributed by atoms with Crippen LogP contribution in [-0.4, -0.2) is 6.61 Å². The van der Waals surface area contributed by atoms with E-state index in [1.165, 1.54) is 5.56 Å². The number of ether oxygens (including phenoxy) is 1. The maximum atomic E-state index is 5.74. The summed E-state index contributed by atoms with van der Waals surface area (Å²) in [5, 5.41) is 0. The lowest BCUT2D eigenvalue weighted by atomic mass is 10.0. The molecule has 0 aliphatic carbocycles. The van der Waals surface area contributed by atoms with Crippen LogP contribution in [0.3, 0.4) is 0 Å². The number of hydrogen-bond acceptors (Lipinski definition) is 1. The van der Waals surface area contributed by atoms with Crippen LogP contribution in [0.2, 0.25) is 0 Å². The van der Waals surface area contributed by atoms with Gasteiger partial charge in [-0.3, -0.25) is 0 Å². The minimum atomic E-state index is 0.0520. The average molecular weight is 190 g/mol. The number of benzene rings is 1. The summed E-state index contributed by atoms with van der Waals surface area (Å²) in [6.07, 6.45) is 1.09. The fourth-order valence-electron chi connectivity index (χ4n) is 1.39. The van der Waals surface area contributed by atoms with E-state index in [1.54, 1.807) is 0 Å². The molecule has 1 rings (SSSR count). The first-order valence-electron chi connectivity index (χ1n) is 5.07. The van der Waals surface area contributed by atoms with Crippen LogP contribution in [0.4, 0.5) is 0 Å². The third-order valence-corrected chi connectivity index (χ3v) is 2.04. The van der Waals surface area contributed by atoms with Crippen LogP contribution in [0.25, 0.3) is 0 Å². The quantitative estimate of drug-likeness (QED) is 0.643. The van der Waals surface area contributed by atoms with E-state index in [-0.39, 0.29) is 6.10 Å². The van der Waals surface area contributed by atoms with E-state index in [0.29, 0.717) is 0 Å². The Labute approximate surface area is 86.4 Å². The molecule has 76 valence electrons. The highest BCUT2D eigenvalue weighted by atomic mass is 16.5. The molecule has 0 bridgehead atoms. The van der Waals surface area contributed by atoms with E-state index < -0.39 is 0 Å². The maximum absolute atomic E-state index is 5.74. The van der Waals surface area contributed by atoms with Gasteiger partial charge < -0.3 is 4.74 Å². The first-order valence-corrected chi connectivity index (χ1v) is 5.07. The molecule has 0 saturated heterocycles. The van der Waals surface area contributed by atoms with Crippen molar-refractivity contribution in [2.24, 2.45) is 0 Å². The van der Waals surface area contributed by atoms with E-state index in [1.807, 2.05) is 25.1 Å². The Balaban J connectivity index is 2.73. The molecule has 0 aromatic heterocycles. The minimum Gasteiger partial charge on any atom is -0.369 e. The van der Waals surface area contributed by atoms with E-state index in [9.17, 15) is 0 Å². The van der Waals surface area contributed by atoms with Gasteiger partial charge in [0.05, 0.1) is 0 Å². The Kier molecular flexibility index (Phi) is 4.41. The van der Waals surface area contributed by atoms with Crippen molar-refractivity contribution in [2.45, 2.75) is 26.4 Å². The van der Waals surface area contributed by atoms with Crippen LogP contribution >= 0.6 is 0 Å². The van der Waals surface area contributed by atoms with Crippen molar-refractivity contribution >= 4 is 0 Å². The Hall–Kier alpha value is -1.08. The molecule has 1 nitrogen and oxygen atoms in total. The van der Waals surface area contributed by atoms with Crippen molar-refractivity contribution in [3.05, 3.63) is 48.0 Å². The molecule has 0 aliphatic heterocycles. The summed E-state index contributed by atoms with van der Waals surface area (Å²) in [5.74, 6) is 0. The third-order valence-electron chi connectivity index (χ3n) is 2.04. The Morgan fingerprint density at radius 3 is 2.50 bits per heavy atom. The first kappa shape index (κ1) is 11.0. The van der Waals surface area contributed by atoms with Gasteiger partial charge in [-0.2, -0.15) is 0 Å². The van der Waals surface area contributed by atoms with Crippen molar-refractivity contribution in [3.8, 4) is 0 Å². The van der Waals surface area contributed by atoms with Gasteiger partial charge in [0, 0.05) is 6.61 Å². The molecule has 0 heterocycles. The second-order valence-electron chi connectivity index (χ2n) is 3.51. The van der Waals surface area contributed by atoms with E-state index >= 15 is 0 Å². The van der Waals surface area contributed by atoms with Crippen molar-refractivity contribution in [1.82, 2.24) is 0 Å². The second kappa shape index (κ2) is 5.61. The third kappa shape index (κ3) is 3.00. The Morgan fingerprint density at radius 2 is 2.00 bits per heavy atom. The molecular formula is C13H18O. The highest BCUT2D eigenvalue weighted by Crippen LogP contribution is 2.23. The van der Waals surface area contributed by atoms with Gasteiger partial charge in [0.15, 0.2) is 0 Å². The molecule has 0 amide bonds. The van der Waals surface area contributed by atoms with Gasteiger partial charge in [-0.05, 0) is 24.5 Å². The van der Waals surface area contributed by atoms with Gasteiger partial charge in [0.25, 0.3) is 0 Å². The highest BCUT2D eigenvalue weighted by molar-refractivity contribution is 5.24. The van der Waals surface area contributed by atoms with Crippen molar-refractivity contribution in [1.29, 1.82) is 0 Å². The standard InChI is InChI=1S/C13H18O/c1-4-10-14-13(11(2)3)12-8-6-5-7-9-12/h5-9,13H,2,4,10H2,1,3H3. The van der Waals surface area contributed by atoms with Crippen LogP contribution in [-0.2, 0) is 4.74 Å². The lowest BCUT2D eigenvalue weighted by molar-refractivity contribution is 0.0782. The fourth-order valence-corrected chi connectivity index (χ4v) is 1.39. The molecule has 14 heavy (non-hydrogen) atoms. The summed E-state index contributed by atoms with van der Waals surface area (Å²) in [7, 11) is 0. The summed E-state index contributed by atoms with van der Waals surface area (Å²) >= 11 is 0. The molecule has 0 spiro atoms. The Bertz CT molecular complexity index is 277.